The molecule has 0 saturated heterocycles. The molecule has 0 amide bonds. The van der Waals surface area contributed by atoms with Crippen LogP contribution >= 0.6 is 35.6 Å². The van der Waals surface area contributed by atoms with E-state index in [0.717, 1.165) is 6.20 Å². The summed E-state index contributed by atoms with van der Waals surface area (Å²) in [6.45, 7) is 0. The third-order valence-corrected chi connectivity index (χ3v) is 3.94. The second-order valence-corrected chi connectivity index (χ2v) is 6.30. The van der Waals surface area contributed by atoms with E-state index in [1.165, 1.54) is 30.3 Å². The molecule has 0 radical (unpaired) electrons. The molecular weight excluding hydrogens is 456 g/mol. The first-order valence-electron chi connectivity index (χ1n) is 7.64. The maximum Gasteiger partial charge on any atom is 0.434 e. The molecule has 0 fully saturated rings. The van der Waals surface area contributed by atoms with Crippen molar-refractivity contribution < 1.29 is 22.8 Å². The second kappa shape index (κ2) is 9.36. The molecule has 1 heterocycles. The van der Waals surface area contributed by atoms with Gasteiger partial charge in [-0.3, -0.25) is 5.43 Å². The molecule has 1 aromatic heterocycles. The van der Waals surface area contributed by atoms with Gasteiger partial charge in [0, 0.05) is 10.0 Å². The number of alkyl halides is 3. The van der Waals surface area contributed by atoms with Gasteiger partial charge in [0.2, 0.25) is 0 Å². The van der Waals surface area contributed by atoms with Crippen LogP contribution in [0.2, 0.25) is 10.0 Å². The fraction of sp³-hybridized carbons (Fsp3) is 0.0588. The van der Waals surface area contributed by atoms with Gasteiger partial charge in [-0.25, -0.2) is 9.48 Å². The van der Waals surface area contributed by atoms with E-state index < -0.39 is 23.4 Å². The second-order valence-electron chi connectivity index (χ2n) is 5.42. The van der Waals surface area contributed by atoms with Crippen LogP contribution in [-0.2, 0) is 11.0 Å². The Morgan fingerprint density at radius 1 is 1.07 bits per heavy atom. The molecule has 3 aromatic rings. The van der Waals surface area contributed by atoms with E-state index in [1.54, 1.807) is 18.2 Å². The quantitative estimate of drug-likeness (QED) is 0.498. The number of carbonyl (C=O) groups excluding carboxylic acids is 1. The Labute approximate surface area is 178 Å². The number of anilines is 1. The number of hydrogen-bond acceptors (Lipinski definition) is 5. The highest BCUT2D eigenvalue weighted by atomic mass is 35.5. The van der Waals surface area contributed by atoms with Crippen LogP contribution in [0.4, 0.5) is 18.9 Å². The first kappa shape index (κ1) is 22.8. The third kappa shape index (κ3) is 5.54. The molecule has 0 spiro atoms. The number of nitrogens with one attached hydrogen (secondary N) is 2. The van der Waals surface area contributed by atoms with Crippen molar-refractivity contribution in [1.82, 2.24) is 15.4 Å². The van der Waals surface area contributed by atoms with Gasteiger partial charge in [0.15, 0.2) is 5.69 Å². The molecule has 0 unspecified atom stereocenters. The van der Waals surface area contributed by atoms with E-state index in [2.05, 4.69) is 21.0 Å². The lowest BCUT2D eigenvalue weighted by molar-refractivity contribution is -0.143. The fourth-order valence-electron chi connectivity index (χ4n) is 2.33. The minimum atomic E-state index is -4.87. The summed E-state index contributed by atoms with van der Waals surface area (Å²) in [5.74, 6) is -1.28. The van der Waals surface area contributed by atoms with Crippen LogP contribution in [0.15, 0.2) is 54.7 Å². The number of halogens is 6. The third-order valence-electron chi connectivity index (χ3n) is 3.47. The maximum atomic E-state index is 13.6. The van der Waals surface area contributed by atoms with Crippen molar-refractivity contribution in [2.24, 2.45) is 0 Å². The molecule has 2 N–H and O–H groups in total. The number of aromatic nitrogens is 2. The molecule has 0 aliphatic rings. The van der Waals surface area contributed by atoms with Gasteiger partial charge in [-0.05, 0) is 36.4 Å². The predicted molar refractivity (Wildman–Crippen MR) is 104 cm³/mol. The van der Waals surface area contributed by atoms with Gasteiger partial charge in [-0.1, -0.05) is 40.9 Å². The number of benzene rings is 2. The average molecular weight is 468 g/mol. The molecular formula is C17H12Cl3F3N4O2. The number of nitrogens with zero attached hydrogens (tertiary/aromatic N) is 2. The molecule has 29 heavy (non-hydrogen) atoms. The van der Waals surface area contributed by atoms with Crippen LogP contribution in [0.3, 0.4) is 0 Å². The maximum absolute atomic E-state index is 13.6. The standard InChI is InChI=1S/C17H11Cl2F3N4O2.ClH/c18-10-3-1-5-12(7-10)24-25-28-16(27)14-9-23-26(15(14)17(20,21)22)13-6-2-4-11(19)8-13;/h1-9,24-25H;1H. The number of carbonyl (C=O) groups is 1. The van der Waals surface area contributed by atoms with Crippen LogP contribution in [0.25, 0.3) is 5.69 Å². The Balaban J connectivity index is 0.00000300. The SMILES string of the molecule is Cl.O=C(ONNc1cccc(Cl)c1)c1cnn(-c2cccc(Cl)c2)c1C(F)(F)F. The highest BCUT2D eigenvalue weighted by Gasteiger charge is 2.41. The number of hydrogen-bond donors (Lipinski definition) is 2. The van der Waals surface area contributed by atoms with E-state index in [9.17, 15) is 18.0 Å². The highest BCUT2D eigenvalue weighted by Crippen LogP contribution is 2.34. The minimum Gasteiger partial charge on any atom is -0.346 e. The van der Waals surface area contributed by atoms with Crippen LogP contribution < -0.4 is 11.0 Å². The van der Waals surface area contributed by atoms with Crippen molar-refractivity contribution in [1.29, 1.82) is 0 Å². The Morgan fingerprint density at radius 2 is 1.72 bits per heavy atom. The summed E-state index contributed by atoms with van der Waals surface area (Å²) < 4.78 is 41.3. The minimum absolute atomic E-state index is 0. The zero-order valence-electron chi connectivity index (χ0n) is 14.2. The zero-order valence-corrected chi connectivity index (χ0v) is 16.5. The van der Waals surface area contributed by atoms with E-state index in [1.807, 2.05) is 0 Å². The molecule has 3 rings (SSSR count). The lowest BCUT2D eigenvalue weighted by atomic mass is 10.2. The molecule has 0 atom stereocenters. The van der Waals surface area contributed by atoms with Crippen molar-refractivity contribution in [2.45, 2.75) is 6.18 Å². The lowest BCUT2D eigenvalue weighted by Gasteiger charge is -2.13. The lowest BCUT2D eigenvalue weighted by Crippen LogP contribution is -2.27. The molecule has 6 nitrogen and oxygen atoms in total. The Bertz CT molecular complexity index is 1010. The largest absolute Gasteiger partial charge is 0.434 e. The van der Waals surface area contributed by atoms with E-state index >= 15 is 0 Å². The summed E-state index contributed by atoms with van der Waals surface area (Å²) in [5, 5.41) is 4.30. The zero-order chi connectivity index (χ0) is 20.3. The van der Waals surface area contributed by atoms with Crippen molar-refractivity contribution in [2.75, 3.05) is 5.43 Å². The van der Waals surface area contributed by atoms with Crippen molar-refractivity contribution in [3.63, 3.8) is 0 Å². The van der Waals surface area contributed by atoms with Crippen LogP contribution in [-0.4, -0.2) is 15.7 Å². The predicted octanol–water partition coefficient (Wildman–Crippen LogP) is 5.31. The number of hydrazine groups is 1. The van der Waals surface area contributed by atoms with Crippen molar-refractivity contribution in [3.05, 3.63) is 76.0 Å². The van der Waals surface area contributed by atoms with Crippen molar-refractivity contribution in [3.8, 4) is 5.69 Å². The molecule has 0 bridgehead atoms. The normalized spacial score (nSPS) is 10.9. The molecule has 12 heteroatoms. The summed E-state index contributed by atoms with van der Waals surface area (Å²) in [4.78, 5) is 16.8. The Morgan fingerprint density at radius 3 is 2.34 bits per heavy atom. The monoisotopic (exact) mass is 466 g/mol. The molecule has 2 aromatic carbocycles. The summed E-state index contributed by atoms with van der Waals surface area (Å²) in [6, 6.07) is 12.0. The summed E-state index contributed by atoms with van der Waals surface area (Å²) >= 11 is 11.6. The summed E-state index contributed by atoms with van der Waals surface area (Å²) in [7, 11) is 0. The van der Waals surface area contributed by atoms with Crippen molar-refractivity contribution >= 4 is 47.3 Å². The van der Waals surface area contributed by atoms with Crippen LogP contribution in [0, 0.1) is 0 Å². The van der Waals surface area contributed by atoms with Gasteiger partial charge < -0.3 is 4.84 Å². The van der Waals surface area contributed by atoms with Crippen LogP contribution in [0.1, 0.15) is 16.1 Å². The van der Waals surface area contributed by atoms with Gasteiger partial charge in [0.25, 0.3) is 0 Å². The van der Waals surface area contributed by atoms with Gasteiger partial charge in [-0.2, -0.15) is 18.3 Å². The Kier molecular flexibility index (Phi) is 7.37. The summed E-state index contributed by atoms with van der Waals surface area (Å²) in [6.07, 6.45) is -4.10. The number of rotatable bonds is 5. The summed E-state index contributed by atoms with van der Waals surface area (Å²) in [5.41, 5.74) is 2.99. The fourth-order valence-corrected chi connectivity index (χ4v) is 2.70. The Hall–Kier alpha value is -2.46. The highest BCUT2D eigenvalue weighted by molar-refractivity contribution is 6.31. The first-order chi connectivity index (χ1) is 13.3. The van der Waals surface area contributed by atoms with Gasteiger partial charge in [-0.15, -0.1) is 12.4 Å². The van der Waals surface area contributed by atoms with E-state index in [4.69, 9.17) is 23.2 Å². The van der Waals surface area contributed by atoms with Crippen LogP contribution in [0.5, 0.6) is 0 Å². The molecule has 0 aliphatic carbocycles. The molecule has 154 valence electrons. The molecule has 0 aliphatic heterocycles. The average Bonchev–Trinajstić information content (AvgIpc) is 3.07. The van der Waals surface area contributed by atoms with Gasteiger partial charge >= 0.3 is 12.1 Å². The van der Waals surface area contributed by atoms with E-state index in [-0.39, 0.29) is 23.1 Å². The smallest absolute Gasteiger partial charge is 0.346 e. The topological polar surface area (TPSA) is 68.2 Å². The first-order valence-corrected chi connectivity index (χ1v) is 8.40. The van der Waals surface area contributed by atoms with Gasteiger partial charge in [0.05, 0.1) is 17.6 Å². The van der Waals surface area contributed by atoms with E-state index in [0.29, 0.717) is 15.4 Å². The van der Waals surface area contributed by atoms with Gasteiger partial charge in [0.1, 0.15) is 5.56 Å². The molecule has 0 saturated carbocycles.